The average molecular weight is 641 g/mol. The second kappa shape index (κ2) is 13.4. The minimum Gasteiger partial charge on any atom is -0.493 e. The summed E-state index contributed by atoms with van der Waals surface area (Å²) < 4.78 is 35.5. The van der Waals surface area contributed by atoms with Crippen LogP contribution in [0.15, 0.2) is 94.4 Å². The summed E-state index contributed by atoms with van der Waals surface area (Å²) in [4.78, 5) is 32.3. The van der Waals surface area contributed by atoms with Gasteiger partial charge in [0, 0.05) is 0 Å². The third-order valence-electron chi connectivity index (χ3n) is 7.40. The van der Waals surface area contributed by atoms with Gasteiger partial charge in [-0.25, -0.2) is 9.79 Å². The molecule has 11 heteroatoms. The SMILES string of the molecule is C=CCOc1ccc([C@@H]2C(C(=O)OCC)=C(C)N=c3s/c(=C\c4ccc(OCc5ccc6c(c5)OCO6)c(OC)c4)c(=O)n32)cc1. The molecule has 10 nitrogen and oxygen atoms in total. The molecule has 0 saturated heterocycles. The van der Waals surface area contributed by atoms with E-state index in [-0.39, 0.29) is 19.0 Å². The van der Waals surface area contributed by atoms with Crippen LogP contribution in [-0.2, 0) is 16.1 Å². The van der Waals surface area contributed by atoms with Crippen molar-refractivity contribution in [3.05, 3.63) is 121 Å². The first-order valence-corrected chi connectivity index (χ1v) is 15.4. The molecule has 0 amide bonds. The van der Waals surface area contributed by atoms with Crippen LogP contribution in [0.5, 0.6) is 28.7 Å². The van der Waals surface area contributed by atoms with E-state index in [1.165, 1.54) is 11.3 Å². The van der Waals surface area contributed by atoms with Crippen LogP contribution < -0.4 is 38.6 Å². The van der Waals surface area contributed by atoms with E-state index in [0.717, 1.165) is 16.7 Å². The number of esters is 1. The Labute approximate surface area is 269 Å². The van der Waals surface area contributed by atoms with Crippen LogP contribution in [0.1, 0.15) is 36.6 Å². The van der Waals surface area contributed by atoms with Gasteiger partial charge >= 0.3 is 5.97 Å². The Kier molecular flexibility index (Phi) is 8.93. The van der Waals surface area contributed by atoms with E-state index in [1.54, 1.807) is 55.9 Å². The Morgan fingerprint density at radius 1 is 1.07 bits per heavy atom. The predicted molar refractivity (Wildman–Crippen MR) is 172 cm³/mol. The van der Waals surface area contributed by atoms with Crippen molar-refractivity contribution in [1.29, 1.82) is 0 Å². The standard InChI is InChI=1S/C35H32N2O8S/c1-5-15-42-25-11-9-24(10-12-25)32-31(34(39)41-6-2)21(3)36-35-37(32)33(38)30(46-35)18-22-7-13-26(28(16-22)40-4)43-19-23-8-14-27-29(17-23)45-20-44-27/h5,7-14,16-18,32H,1,6,15,19-20H2,2-4H3/b30-18-/t32-/m1/s1. The molecule has 1 atom stereocenters. The maximum atomic E-state index is 14.0. The monoisotopic (exact) mass is 640 g/mol. The molecule has 0 aliphatic carbocycles. The second-order valence-electron chi connectivity index (χ2n) is 10.4. The Balaban J connectivity index is 1.33. The molecule has 0 spiro atoms. The van der Waals surface area contributed by atoms with Gasteiger partial charge < -0.3 is 28.4 Å². The fourth-order valence-corrected chi connectivity index (χ4v) is 6.29. The number of aromatic nitrogens is 1. The molecule has 2 aliphatic rings. The highest BCUT2D eigenvalue weighted by atomic mass is 32.1. The lowest BCUT2D eigenvalue weighted by molar-refractivity contribution is -0.139. The Hall–Kier alpha value is -5.29. The van der Waals surface area contributed by atoms with E-state index in [9.17, 15) is 9.59 Å². The number of hydrogen-bond acceptors (Lipinski definition) is 10. The van der Waals surface area contributed by atoms with E-state index in [2.05, 4.69) is 11.6 Å². The molecule has 0 saturated carbocycles. The summed E-state index contributed by atoms with van der Waals surface area (Å²) in [5.74, 6) is 2.59. The Bertz CT molecular complexity index is 2010. The van der Waals surface area contributed by atoms with Crippen LogP contribution in [0, 0.1) is 0 Å². The summed E-state index contributed by atoms with van der Waals surface area (Å²) in [6.07, 6.45) is 3.44. The van der Waals surface area contributed by atoms with Gasteiger partial charge in [0.25, 0.3) is 5.56 Å². The van der Waals surface area contributed by atoms with Crippen LogP contribution in [0.3, 0.4) is 0 Å². The van der Waals surface area contributed by atoms with Crippen molar-refractivity contribution in [1.82, 2.24) is 4.57 Å². The molecule has 0 radical (unpaired) electrons. The van der Waals surface area contributed by atoms with Gasteiger partial charge in [-0.1, -0.05) is 48.3 Å². The van der Waals surface area contributed by atoms with Crippen LogP contribution in [0.4, 0.5) is 0 Å². The number of methoxy groups -OCH3 is 1. The third kappa shape index (κ3) is 6.14. The summed E-state index contributed by atoms with van der Waals surface area (Å²) in [7, 11) is 1.56. The molecule has 46 heavy (non-hydrogen) atoms. The number of ether oxygens (including phenoxy) is 6. The Morgan fingerprint density at radius 2 is 1.87 bits per heavy atom. The number of carbonyl (C=O) groups excluding carboxylic acids is 1. The zero-order chi connectivity index (χ0) is 32.2. The lowest BCUT2D eigenvalue weighted by atomic mass is 9.96. The van der Waals surface area contributed by atoms with Crippen molar-refractivity contribution < 1.29 is 33.2 Å². The van der Waals surface area contributed by atoms with Crippen LogP contribution in [0.2, 0.25) is 0 Å². The third-order valence-corrected chi connectivity index (χ3v) is 8.38. The minimum absolute atomic E-state index is 0.194. The van der Waals surface area contributed by atoms with Crippen molar-refractivity contribution in [2.75, 3.05) is 27.1 Å². The molecule has 1 aromatic heterocycles. The molecule has 0 unspecified atom stereocenters. The van der Waals surface area contributed by atoms with E-state index in [0.29, 0.717) is 62.6 Å². The van der Waals surface area contributed by atoms with E-state index >= 15 is 0 Å². The Morgan fingerprint density at radius 3 is 2.63 bits per heavy atom. The van der Waals surface area contributed by atoms with Crippen molar-refractivity contribution in [3.63, 3.8) is 0 Å². The molecular weight excluding hydrogens is 608 g/mol. The summed E-state index contributed by atoms with van der Waals surface area (Å²) in [5, 5.41) is 0. The highest BCUT2D eigenvalue weighted by molar-refractivity contribution is 7.07. The molecule has 0 N–H and O–H groups in total. The van der Waals surface area contributed by atoms with Gasteiger partial charge in [0.05, 0.1) is 35.6 Å². The largest absolute Gasteiger partial charge is 0.493 e. The maximum Gasteiger partial charge on any atom is 0.338 e. The number of benzene rings is 3. The van der Waals surface area contributed by atoms with Crippen molar-refractivity contribution >= 4 is 23.4 Å². The number of allylic oxidation sites excluding steroid dienone is 1. The maximum absolute atomic E-state index is 14.0. The van der Waals surface area contributed by atoms with Gasteiger partial charge in [0.2, 0.25) is 6.79 Å². The van der Waals surface area contributed by atoms with Gasteiger partial charge in [0.15, 0.2) is 27.8 Å². The first kappa shape index (κ1) is 30.7. The van der Waals surface area contributed by atoms with Crippen molar-refractivity contribution in [3.8, 4) is 28.7 Å². The lowest BCUT2D eigenvalue weighted by Gasteiger charge is -2.24. The molecule has 4 aromatic rings. The number of rotatable bonds is 11. The topological polar surface area (TPSA) is 107 Å². The molecule has 0 fully saturated rings. The smallest absolute Gasteiger partial charge is 0.338 e. The fourth-order valence-electron chi connectivity index (χ4n) is 5.24. The normalized spacial score (nSPS) is 15.2. The molecule has 236 valence electrons. The summed E-state index contributed by atoms with van der Waals surface area (Å²) in [5.41, 5.74) is 2.90. The average Bonchev–Trinajstić information content (AvgIpc) is 3.66. The fraction of sp³-hybridized carbons (Fsp3) is 0.229. The molecular formula is C35H32N2O8S. The van der Waals surface area contributed by atoms with E-state index in [4.69, 9.17) is 28.4 Å². The molecule has 0 bridgehead atoms. The zero-order valence-corrected chi connectivity index (χ0v) is 26.4. The minimum atomic E-state index is -0.729. The van der Waals surface area contributed by atoms with Gasteiger partial charge in [-0.3, -0.25) is 9.36 Å². The summed E-state index contributed by atoms with van der Waals surface area (Å²) in [6, 6.07) is 17.7. The second-order valence-corrected chi connectivity index (χ2v) is 11.4. The molecule has 2 aliphatic heterocycles. The summed E-state index contributed by atoms with van der Waals surface area (Å²) in [6.45, 7) is 8.24. The predicted octanol–water partition coefficient (Wildman–Crippen LogP) is 4.68. The lowest BCUT2D eigenvalue weighted by Crippen LogP contribution is -2.39. The van der Waals surface area contributed by atoms with Gasteiger partial charge in [-0.15, -0.1) is 0 Å². The van der Waals surface area contributed by atoms with Gasteiger partial charge in [-0.05, 0) is 73.0 Å². The number of thiazole rings is 1. The number of fused-ring (bicyclic) bond motifs is 2. The molecule has 3 heterocycles. The molecule has 6 rings (SSSR count). The zero-order valence-electron chi connectivity index (χ0n) is 25.6. The first-order chi connectivity index (χ1) is 22.4. The van der Waals surface area contributed by atoms with Crippen LogP contribution in [-0.4, -0.2) is 37.7 Å². The highest BCUT2D eigenvalue weighted by Crippen LogP contribution is 2.35. The summed E-state index contributed by atoms with van der Waals surface area (Å²) >= 11 is 1.25. The van der Waals surface area contributed by atoms with Crippen molar-refractivity contribution in [2.45, 2.75) is 26.5 Å². The quantitative estimate of drug-likeness (QED) is 0.172. The van der Waals surface area contributed by atoms with Crippen LogP contribution in [0.25, 0.3) is 6.08 Å². The van der Waals surface area contributed by atoms with Crippen molar-refractivity contribution in [2.24, 2.45) is 4.99 Å². The first-order valence-electron chi connectivity index (χ1n) is 14.6. The van der Waals surface area contributed by atoms with Gasteiger partial charge in [-0.2, -0.15) is 0 Å². The molecule has 3 aromatic carbocycles. The number of nitrogens with zero attached hydrogens (tertiary/aromatic N) is 2. The highest BCUT2D eigenvalue weighted by Gasteiger charge is 2.33. The van der Waals surface area contributed by atoms with Crippen LogP contribution >= 0.6 is 11.3 Å². The number of hydrogen-bond donors (Lipinski definition) is 0. The number of carbonyl (C=O) groups is 1. The van der Waals surface area contributed by atoms with Gasteiger partial charge in [0.1, 0.15) is 19.0 Å². The van der Waals surface area contributed by atoms with E-state index in [1.807, 2.05) is 42.5 Å². The van der Waals surface area contributed by atoms with E-state index < -0.39 is 12.0 Å².